The van der Waals surface area contributed by atoms with Gasteiger partial charge in [-0.05, 0) is 42.7 Å². The summed E-state index contributed by atoms with van der Waals surface area (Å²) in [6, 6.07) is 7.73. The van der Waals surface area contributed by atoms with E-state index in [0.717, 1.165) is 11.1 Å². The van der Waals surface area contributed by atoms with Gasteiger partial charge in [0.2, 0.25) is 5.69 Å². The molecule has 1 fully saturated rings. The van der Waals surface area contributed by atoms with E-state index >= 15 is 0 Å². The highest BCUT2D eigenvalue weighted by atomic mass is 19.1. The van der Waals surface area contributed by atoms with E-state index in [1.165, 1.54) is 12.1 Å². The van der Waals surface area contributed by atoms with Gasteiger partial charge in [0.1, 0.15) is 11.5 Å². The number of carbonyl (C=O) groups excluding carboxylic acids is 2. The number of nitrogens with zero attached hydrogens (tertiary/aromatic N) is 5. The number of carbonyl (C=O) groups is 2. The minimum Gasteiger partial charge on any atom is -0.394 e. The van der Waals surface area contributed by atoms with Crippen molar-refractivity contribution in [1.82, 2.24) is 19.4 Å². The molecule has 178 valence electrons. The zero-order valence-corrected chi connectivity index (χ0v) is 20.0. The smallest absolute Gasteiger partial charge is 0.314 e. The van der Waals surface area contributed by atoms with Crippen LogP contribution in [0.2, 0.25) is 0 Å². The average Bonchev–Trinajstić information content (AvgIpc) is 3.28. The number of aliphatic hydroxyl groups is 1. The van der Waals surface area contributed by atoms with Crippen LogP contribution in [0, 0.1) is 5.82 Å². The molecular formula is C25H29FN5O3+. The number of aromatic nitrogens is 3. The molecule has 0 bridgehead atoms. The molecule has 1 aromatic carbocycles. The van der Waals surface area contributed by atoms with Gasteiger partial charge < -0.3 is 10.0 Å². The maximum Gasteiger partial charge on any atom is 0.314 e. The molecule has 2 aliphatic rings. The van der Waals surface area contributed by atoms with Gasteiger partial charge in [-0.1, -0.05) is 30.4 Å². The third-order valence-electron chi connectivity index (χ3n) is 7.05. The quantitative estimate of drug-likeness (QED) is 0.600. The number of piperazine rings is 1. The van der Waals surface area contributed by atoms with E-state index in [0.29, 0.717) is 30.1 Å². The molecule has 0 aliphatic carbocycles. The lowest BCUT2D eigenvalue weighted by Crippen LogP contribution is -2.72. The fourth-order valence-electron chi connectivity index (χ4n) is 5.11. The Morgan fingerprint density at radius 3 is 2.50 bits per heavy atom. The molecule has 9 heteroatoms. The van der Waals surface area contributed by atoms with Gasteiger partial charge in [0.15, 0.2) is 6.20 Å². The highest BCUT2D eigenvalue weighted by Crippen LogP contribution is 2.36. The van der Waals surface area contributed by atoms with Gasteiger partial charge in [0, 0.05) is 25.6 Å². The molecule has 0 radical (unpaired) electrons. The van der Waals surface area contributed by atoms with Gasteiger partial charge in [0.05, 0.1) is 18.2 Å². The van der Waals surface area contributed by atoms with E-state index in [1.807, 2.05) is 6.07 Å². The van der Waals surface area contributed by atoms with E-state index in [2.05, 4.69) is 20.8 Å². The van der Waals surface area contributed by atoms with Crippen molar-refractivity contribution < 1.29 is 23.7 Å². The van der Waals surface area contributed by atoms with Crippen LogP contribution in [-0.2, 0) is 15.9 Å². The van der Waals surface area contributed by atoms with E-state index in [4.69, 9.17) is 5.10 Å². The fraction of sp³-hybridized carbons (Fsp3) is 0.440. The normalized spacial score (nSPS) is 21.3. The van der Waals surface area contributed by atoms with Crippen molar-refractivity contribution in [2.24, 2.45) is 0 Å². The Morgan fingerprint density at radius 1 is 1.21 bits per heavy atom. The van der Waals surface area contributed by atoms with E-state index in [1.54, 1.807) is 51.1 Å². The number of imidazole rings is 1. The molecule has 1 saturated heterocycles. The predicted molar refractivity (Wildman–Crippen MR) is 122 cm³/mol. The molecule has 0 spiro atoms. The van der Waals surface area contributed by atoms with Crippen molar-refractivity contribution in [2.45, 2.75) is 51.7 Å². The number of amides is 2. The summed E-state index contributed by atoms with van der Waals surface area (Å²) in [7, 11) is 0. The first-order valence-electron chi connectivity index (χ1n) is 11.5. The number of rotatable bonds is 3. The van der Waals surface area contributed by atoms with Crippen LogP contribution in [0.3, 0.4) is 0 Å². The van der Waals surface area contributed by atoms with Crippen molar-refractivity contribution in [2.75, 3.05) is 19.7 Å². The van der Waals surface area contributed by atoms with Crippen LogP contribution in [0.25, 0.3) is 16.9 Å². The van der Waals surface area contributed by atoms with Crippen LogP contribution >= 0.6 is 0 Å². The Labute approximate surface area is 197 Å². The molecule has 0 saturated carbocycles. The van der Waals surface area contributed by atoms with Crippen LogP contribution in [0.1, 0.15) is 50.7 Å². The van der Waals surface area contributed by atoms with Gasteiger partial charge >= 0.3 is 11.6 Å². The second-order valence-electron chi connectivity index (χ2n) is 10.3. The van der Waals surface area contributed by atoms with Crippen molar-refractivity contribution in [3.63, 3.8) is 0 Å². The van der Waals surface area contributed by atoms with Crippen LogP contribution in [-0.4, -0.2) is 62.1 Å². The SMILES string of the molecule is CC(CO)N1CCN2C(=O)c3cn4nc(-c5ccc(F)cc5)cc(C(C)(C)C)c4[n+]3C2(C)C1=O. The zero-order valence-electron chi connectivity index (χ0n) is 20.0. The van der Waals surface area contributed by atoms with Crippen LogP contribution in [0.4, 0.5) is 4.39 Å². The van der Waals surface area contributed by atoms with Gasteiger partial charge in [-0.2, -0.15) is 4.57 Å². The third kappa shape index (κ3) is 2.99. The topological polar surface area (TPSA) is 82.0 Å². The third-order valence-corrected chi connectivity index (χ3v) is 7.05. The Balaban J connectivity index is 1.78. The molecule has 5 rings (SSSR count). The molecule has 2 aromatic heterocycles. The zero-order chi connectivity index (χ0) is 24.6. The van der Waals surface area contributed by atoms with Crippen molar-refractivity contribution in [1.29, 1.82) is 0 Å². The summed E-state index contributed by atoms with van der Waals surface area (Å²) in [5, 5.41) is 14.4. The second kappa shape index (κ2) is 7.33. The predicted octanol–water partition coefficient (Wildman–Crippen LogP) is 2.08. The summed E-state index contributed by atoms with van der Waals surface area (Å²) in [4.78, 5) is 30.5. The number of halogens is 1. The number of benzene rings is 1. The Kier molecular flexibility index (Phi) is 4.84. The molecule has 4 heterocycles. The molecule has 8 nitrogen and oxygen atoms in total. The largest absolute Gasteiger partial charge is 0.394 e. The van der Waals surface area contributed by atoms with Gasteiger partial charge in [-0.25, -0.2) is 4.39 Å². The Hall–Kier alpha value is -3.33. The Bertz CT molecular complexity index is 1330. The molecule has 3 aromatic rings. The summed E-state index contributed by atoms with van der Waals surface area (Å²) in [5.41, 5.74) is 1.75. The lowest BCUT2D eigenvalue weighted by atomic mass is 9.87. The number of aliphatic hydroxyl groups excluding tert-OH is 1. The lowest BCUT2D eigenvalue weighted by Gasteiger charge is -2.43. The summed E-state index contributed by atoms with van der Waals surface area (Å²) in [6.45, 7) is 10.4. The molecule has 1 N–H and O–H groups in total. The minimum atomic E-state index is -1.26. The van der Waals surface area contributed by atoms with E-state index in [-0.39, 0.29) is 35.7 Å². The maximum absolute atomic E-state index is 13.8. The first-order valence-corrected chi connectivity index (χ1v) is 11.5. The highest BCUT2D eigenvalue weighted by Gasteiger charge is 2.62. The molecular weight excluding hydrogens is 437 g/mol. The van der Waals surface area contributed by atoms with Crippen LogP contribution < -0.4 is 4.57 Å². The summed E-state index contributed by atoms with van der Waals surface area (Å²) >= 11 is 0. The van der Waals surface area contributed by atoms with Crippen LogP contribution in [0.5, 0.6) is 0 Å². The summed E-state index contributed by atoms with van der Waals surface area (Å²) < 4.78 is 17.0. The first kappa shape index (κ1) is 22.5. The highest BCUT2D eigenvalue weighted by molar-refractivity contribution is 5.99. The molecule has 34 heavy (non-hydrogen) atoms. The first-order chi connectivity index (χ1) is 16.0. The summed E-state index contributed by atoms with van der Waals surface area (Å²) in [6.07, 6.45) is 1.68. The van der Waals surface area contributed by atoms with E-state index < -0.39 is 5.66 Å². The van der Waals surface area contributed by atoms with Crippen molar-refractivity contribution in [3.8, 4) is 11.3 Å². The van der Waals surface area contributed by atoms with E-state index in [9.17, 15) is 19.1 Å². The average molecular weight is 467 g/mol. The number of hydrogen-bond donors (Lipinski definition) is 1. The van der Waals surface area contributed by atoms with Gasteiger partial charge in [-0.3, -0.25) is 14.5 Å². The molecule has 2 unspecified atom stereocenters. The molecule has 2 atom stereocenters. The fourth-order valence-corrected chi connectivity index (χ4v) is 5.11. The van der Waals surface area contributed by atoms with Crippen LogP contribution in [0.15, 0.2) is 36.5 Å². The Morgan fingerprint density at radius 2 is 1.88 bits per heavy atom. The van der Waals surface area contributed by atoms with Gasteiger partial charge in [-0.15, -0.1) is 0 Å². The number of fused-ring (bicyclic) bond motifs is 5. The maximum atomic E-state index is 13.8. The van der Waals surface area contributed by atoms with Crippen molar-refractivity contribution >= 4 is 17.5 Å². The lowest BCUT2D eigenvalue weighted by molar-refractivity contribution is -0.733. The van der Waals surface area contributed by atoms with Gasteiger partial charge in [0.25, 0.3) is 11.6 Å². The second-order valence-corrected chi connectivity index (χ2v) is 10.3. The number of hydrogen-bond acceptors (Lipinski definition) is 4. The monoisotopic (exact) mass is 466 g/mol. The molecule has 2 aliphatic heterocycles. The minimum absolute atomic E-state index is 0.153. The standard InChI is InChI=1S/C25H29FN5O3/c1-15(14-32)28-10-11-29-22(33)20-13-30-21(31(20)25(29,5)23(28)34)18(24(2,3)4)12-19(27-30)16-6-8-17(26)9-7-16/h6-9,12-13,15,32H,10-11,14H2,1-5H3/q+1. The van der Waals surface area contributed by atoms with Crippen molar-refractivity contribution in [3.05, 3.63) is 53.6 Å². The molecule has 2 amide bonds. The summed E-state index contributed by atoms with van der Waals surface area (Å²) in [5.74, 6) is -0.777.